The third-order valence-corrected chi connectivity index (χ3v) is 4.74. The van der Waals surface area contributed by atoms with Gasteiger partial charge in [-0.15, -0.1) is 11.3 Å². The van der Waals surface area contributed by atoms with Crippen LogP contribution in [-0.2, 0) is 0 Å². The molecule has 0 saturated heterocycles. The summed E-state index contributed by atoms with van der Waals surface area (Å²) in [5.74, 6) is -0.730. The van der Waals surface area contributed by atoms with Crippen LogP contribution in [0.25, 0.3) is 11.3 Å². The molecule has 0 aliphatic heterocycles. The first kappa shape index (κ1) is 15.8. The van der Waals surface area contributed by atoms with Gasteiger partial charge < -0.3 is 0 Å². The Morgan fingerprint density at radius 1 is 1.26 bits per heavy atom. The third kappa shape index (κ3) is 3.48. The second kappa shape index (κ2) is 6.60. The van der Waals surface area contributed by atoms with Crippen molar-refractivity contribution < 1.29 is 9.18 Å². The van der Waals surface area contributed by atoms with E-state index >= 15 is 0 Å². The molecular weight excluding hydrogens is 379 g/mol. The molecule has 3 rings (SSSR count). The normalized spacial score (nSPS) is 10.6. The molecule has 1 aromatic heterocycles. The molecule has 6 heteroatoms. The predicted molar refractivity (Wildman–Crippen MR) is 94.3 cm³/mol. The molecule has 1 heterocycles. The first-order chi connectivity index (χ1) is 11.0. The van der Waals surface area contributed by atoms with Crippen LogP contribution in [0.3, 0.4) is 0 Å². The fourth-order valence-corrected chi connectivity index (χ4v) is 3.39. The summed E-state index contributed by atoms with van der Waals surface area (Å²) in [5, 5.41) is 5.15. The molecule has 1 N–H and O–H groups in total. The van der Waals surface area contributed by atoms with Crippen LogP contribution in [0.5, 0.6) is 0 Å². The summed E-state index contributed by atoms with van der Waals surface area (Å²) in [6.45, 7) is 2.02. The van der Waals surface area contributed by atoms with Crippen molar-refractivity contribution in [2.45, 2.75) is 6.92 Å². The van der Waals surface area contributed by atoms with Gasteiger partial charge in [0.15, 0.2) is 5.13 Å². The van der Waals surface area contributed by atoms with Crippen LogP contribution in [0.15, 0.2) is 52.3 Å². The Balaban J connectivity index is 1.82. The van der Waals surface area contributed by atoms with Crippen molar-refractivity contribution in [3.05, 3.63) is 69.3 Å². The molecule has 23 heavy (non-hydrogen) atoms. The number of hydrogen-bond donors (Lipinski definition) is 1. The maximum atomic E-state index is 13.1. The number of carbonyl (C=O) groups is 1. The molecule has 0 unspecified atom stereocenters. The zero-order valence-corrected chi connectivity index (χ0v) is 14.5. The van der Waals surface area contributed by atoms with Gasteiger partial charge in [-0.05, 0) is 46.6 Å². The van der Waals surface area contributed by atoms with Gasteiger partial charge in [0.2, 0.25) is 0 Å². The van der Waals surface area contributed by atoms with Crippen molar-refractivity contribution in [3.63, 3.8) is 0 Å². The summed E-state index contributed by atoms with van der Waals surface area (Å²) in [6, 6.07) is 11.9. The number of aromatic nitrogens is 1. The summed E-state index contributed by atoms with van der Waals surface area (Å²) < 4.78 is 13.5. The monoisotopic (exact) mass is 390 g/mol. The van der Waals surface area contributed by atoms with E-state index in [2.05, 4.69) is 26.2 Å². The molecule has 3 aromatic rings. The quantitative estimate of drug-likeness (QED) is 0.661. The van der Waals surface area contributed by atoms with Crippen molar-refractivity contribution >= 4 is 38.3 Å². The third-order valence-electron chi connectivity index (χ3n) is 3.32. The topological polar surface area (TPSA) is 42.0 Å². The van der Waals surface area contributed by atoms with Gasteiger partial charge in [-0.3, -0.25) is 10.1 Å². The number of aryl methyl sites for hydroxylation is 1. The van der Waals surface area contributed by atoms with Crippen LogP contribution in [0.4, 0.5) is 9.52 Å². The molecule has 0 bridgehead atoms. The Morgan fingerprint density at radius 3 is 2.78 bits per heavy atom. The Bertz CT molecular complexity index is 879. The summed E-state index contributed by atoms with van der Waals surface area (Å²) in [6.07, 6.45) is 0. The van der Waals surface area contributed by atoms with E-state index in [1.807, 2.05) is 36.6 Å². The van der Waals surface area contributed by atoms with Crippen LogP contribution in [0.2, 0.25) is 0 Å². The number of rotatable bonds is 3. The lowest BCUT2D eigenvalue weighted by Gasteiger charge is -2.04. The minimum atomic E-state index is -0.399. The molecule has 2 aromatic carbocycles. The van der Waals surface area contributed by atoms with Gasteiger partial charge >= 0.3 is 0 Å². The summed E-state index contributed by atoms with van der Waals surface area (Å²) in [4.78, 5) is 16.7. The van der Waals surface area contributed by atoms with Crippen LogP contribution in [0.1, 0.15) is 15.9 Å². The van der Waals surface area contributed by atoms with Crippen LogP contribution >= 0.6 is 27.3 Å². The van der Waals surface area contributed by atoms with Gasteiger partial charge in [-0.1, -0.05) is 24.3 Å². The van der Waals surface area contributed by atoms with Gasteiger partial charge in [-0.2, -0.15) is 0 Å². The highest BCUT2D eigenvalue weighted by molar-refractivity contribution is 9.10. The van der Waals surface area contributed by atoms with Crippen molar-refractivity contribution in [3.8, 4) is 11.3 Å². The first-order valence-corrected chi connectivity index (χ1v) is 8.50. The molecule has 0 aliphatic carbocycles. The van der Waals surface area contributed by atoms with Crippen molar-refractivity contribution in [1.29, 1.82) is 0 Å². The van der Waals surface area contributed by atoms with Crippen LogP contribution in [-0.4, -0.2) is 10.9 Å². The van der Waals surface area contributed by atoms with E-state index in [1.54, 1.807) is 0 Å². The average molecular weight is 391 g/mol. The average Bonchev–Trinajstić information content (AvgIpc) is 2.95. The number of halogens is 2. The number of thiazole rings is 1. The second-order valence-electron chi connectivity index (χ2n) is 4.93. The van der Waals surface area contributed by atoms with Crippen LogP contribution < -0.4 is 5.32 Å². The first-order valence-electron chi connectivity index (χ1n) is 6.82. The summed E-state index contributed by atoms with van der Waals surface area (Å²) >= 11 is 4.55. The predicted octanol–water partition coefficient (Wildman–Crippen LogP) is 5.27. The maximum absolute atomic E-state index is 13.1. The number of amides is 1. The van der Waals surface area contributed by atoms with E-state index in [-0.39, 0.29) is 5.91 Å². The van der Waals surface area contributed by atoms with E-state index in [0.29, 0.717) is 15.2 Å². The number of anilines is 1. The highest BCUT2D eigenvalue weighted by atomic mass is 79.9. The number of nitrogens with one attached hydrogen (secondary N) is 1. The summed E-state index contributed by atoms with van der Waals surface area (Å²) in [5.41, 5.74) is 3.34. The van der Waals surface area contributed by atoms with Crippen LogP contribution in [0, 0.1) is 12.7 Å². The van der Waals surface area contributed by atoms with E-state index < -0.39 is 5.82 Å². The highest BCUT2D eigenvalue weighted by Gasteiger charge is 2.13. The molecule has 0 fully saturated rings. The van der Waals surface area contributed by atoms with Crippen molar-refractivity contribution in [1.82, 2.24) is 4.98 Å². The Labute approximate surface area is 145 Å². The molecule has 1 amide bonds. The number of nitrogens with zero attached hydrogens (tertiary/aromatic N) is 1. The molecule has 0 aliphatic rings. The van der Waals surface area contributed by atoms with Crippen molar-refractivity contribution in [2.75, 3.05) is 5.32 Å². The largest absolute Gasteiger partial charge is 0.298 e. The van der Waals surface area contributed by atoms with E-state index in [1.165, 1.54) is 29.5 Å². The van der Waals surface area contributed by atoms with Gasteiger partial charge in [0.1, 0.15) is 5.82 Å². The Kier molecular flexibility index (Phi) is 4.54. The van der Waals surface area contributed by atoms with E-state index in [9.17, 15) is 9.18 Å². The van der Waals surface area contributed by atoms with Gasteiger partial charge in [0.05, 0.1) is 11.3 Å². The fourth-order valence-electron chi connectivity index (χ4n) is 2.15. The zero-order chi connectivity index (χ0) is 16.4. The lowest BCUT2D eigenvalue weighted by Crippen LogP contribution is -2.12. The lowest BCUT2D eigenvalue weighted by atomic mass is 10.1. The number of carbonyl (C=O) groups excluding carboxylic acids is 1. The standard InChI is InChI=1S/C17H12BrFN2OS/c1-10-4-2-3-5-12(10)15-9-23-17(20-15)21-16(22)13-7-6-11(19)8-14(13)18/h2-9H,1H3,(H,20,21,22). The van der Waals surface area contributed by atoms with Gasteiger partial charge in [-0.25, -0.2) is 9.37 Å². The smallest absolute Gasteiger partial charge is 0.258 e. The highest BCUT2D eigenvalue weighted by Crippen LogP contribution is 2.28. The van der Waals surface area contributed by atoms with Crippen molar-refractivity contribution in [2.24, 2.45) is 0 Å². The zero-order valence-electron chi connectivity index (χ0n) is 12.1. The molecular formula is C17H12BrFN2OS. The second-order valence-corrected chi connectivity index (χ2v) is 6.64. The molecule has 0 radical (unpaired) electrons. The molecule has 0 atom stereocenters. The minimum absolute atomic E-state index is 0.331. The SMILES string of the molecule is Cc1ccccc1-c1csc(NC(=O)c2ccc(F)cc2Br)n1. The molecule has 3 nitrogen and oxygen atoms in total. The lowest BCUT2D eigenvalue weighted by molar-refractivity contribution is 0.102. The number of benzene rings is 2. The minimum Gasteiger partial charge on any atom is -0.298 e. The van der Waals surface area contributed by atoms with Gasteiger partial charge in [0.25, 0.3) is 5.91 Å². The fraction of sp³-hybridized carbons (Fsp3) is 0.0588. The van der Waals surface area contributed by atoms with E-state index in [4.69, 9.17) is 0 Å². The molecule has 0 spiro atoms. The molecule has 116 valence electrons. The Morgan fingerprint density at radius 2 is 2.04 bits per heavy atom. The summed E-state index contributed by atoms with van der Waals surface area (Å²) in [7, 11) is 0. The maximum Gasteiger partial charge on any atom is 0.258 e. The van der Waals surface area contributed by atoms with Gasteiger partial charge in [0, 0.05) is 15.4 Å². The molecule has 0 saturated carbocycles. The number of hydrogen-bond acceptors (Lipinski definition) is 3. The Hall–Kier alpha value is -2.05. The van der Waals surface area contributed by atoms with E-state index in [0.717, 1.165) is 16.8 Å².